The molecule has 1 saturated heterocycles. The molecule has 3 nitrogen and oxygen atoms in total. The van der Waals surface area contributed by atoms with Crippen LogP contribution in [0.4, 0.5) is 0 Å². The van der Waals surface area contributed by atoms with E-state index in [4.69, 9.17) is 5.73 Å². The Balaban J connectivity index is 2.05. The average Bonchev–Trinajstić information content (AvgIpc) is 2.67. The van der Waals surface area contributed by atoms with Crippen molar-refractivity contribution in [3.05, 3.63) is 17.5 Å². The van der Waals surface area contributed by atoms with E-state index in [-0.39, 0.29) is 0 Å². The third kappa shape index (κ3) is 2.06. The molecule has 0 aromatic carbocycles. The Kier molecular flexibility index (Phi) is 2.90. The highest BCUT2D eigenvalue weighted by Crippen LogP contribution is 2.37. The minimum atomic E-state index is 0.560. The maximum atomic E-state index is 5.51. The summed E-state index contributed by atoms with van der Waals surface area (Å²) in [5, 5.41) is 7.85. The molecule has 0 radical (unpaired) electrons. The standard InChI is InChI=1S/C9H15N3S/c10-6-7-5-8(12-11-7)9-3-1-2-4-13-9/h5,9H,1-4,6,10H2,(H,11,12). The molecule has 1 unspecified atom stereocenters. The van der Waals surface area contributed by atoms with Gasteiger partial charge >= 0.3 is 0 Å². The zero-order chi connectivity index (χ0) is 9.10. The normalized spacial score (nSPS) is 23.3. The number of aromatic nitrogens is 2. The fourth-order valence-electron chi connectivity index (χ4n) is 1.62. The van der Waals surface area contributed by atoms with Crippen molar-refractivity contribution >= 4 is 11.8 Å². The van der Waals surface area contributed by atoms with Gasteiger partial charge in [0.05, 0.1) is 5.69 Å². The Bertz CT molecular complexity index is 266. The molecule has 2 rings (SSSR count). The van der Waals surface area contributed by atoms with Gasteiger partial charge in [-0.1, -0.05) is 6.42 Å². The van der Waals surface area contributed by atoms with Crippen LogP contribution < -0.4 is 5.73 Å². The first-order valence-electron chi connectivity index (χ1n) is 4.76. The van der Waals surface area contributed by atoms with Crippen LogP contribution in [0.2, 0.25) is 0 Å². The van der Waals surface area contributed by atoms with Crippen LogP contribution in [-0.2, 0) is 6.54 Å². The number of thioether (sulfide) groups is 1. The van der Waals surface area contributed by atoms with E-state index in [2.05, 4.69) is 16.3 Å². The fourth-order valence-corrected chi connectivity index (χ4v) is 2.90. The van der Waals surface area contributed by atoms with Gasteiger partial charge in [-0.3, -0.25) is 5.10 Å². The highest BCUT2D eigenvalue weighted by atomic mass is 32.2. The summed E-state index contributed by atoms with van der Waals surface area (Å²) in [4.78, 5) is 0. The number of hydrogen-bond acceptors (Lipinski definition) is 3. The van der Waals surface area contributed by atoms with E-state index in [1.807, 2.05) is 11.8 Å². The Morgan fingerprint density at radius 3 is 3.15 bits per heavy atom. The van der Waals surface area contributed by atoms with Gasteiger partial charge in [0, 0.05) is 17.5 Å². The Labute approximate surface area is 82.5 Å². The van der Waals surface area contributed by atoms with Crippen molar-refractivity contribution in [3.63, 3.8) is 0 Å². The Morgan fingerprint density at radius 1 is 1.62 bits per heavy atom. The van der Waals surface area contributed by atoms with Crippen LogP contribution in [0, 0.1) is 0 Å². The third-order valence-corrected chi connectivity index (χ3v) is 3.78. The van der Waals surface area contributed by atoms with Crippen LogP contribution in [-0.4, -0.2) is 16.0 Å². The summed E-state index contributed by atoms with van der Waals surface area (Å²) in [6.45, 7) is 0.560. The minimum Gasteiger partial charge on any atom is -0.325 e. The second-order valence-electron chi connectivity index (χ2n) is 3.38. The number of nitrogens with two attached hydrogens (primary N) is 1. The first kappa shape index (κ1) is 9.09. The molecular formula is C9H15N3S. The maximum absolute atomic E-state index is 5.51. The molecule has 1 fully saturated rings. The summed E-state index contributed by atoms with van der Waals surface area (Å²) in [5.41, 5.74) is 7.74. The number of H-pyrrole nitrogens is 1. The van der Waals surface area contributed by atoms with E-state index < -0.39 is 0 Å². The molecule has 1 aliphatic heterocycles. The lowest BCUT2D eigenvalue weighted by atomic mass is 10.1. The smallest absolute Gasteiger partial charge is 0.0755 e. The first-order chi connectivity index (χ1) is 6.40. The summed E-state index contributed by atoms with van der Waals surface area (Å²) in [5.74, 6) is 1.27. The molecule has 0 aliphatic carbocycles. The number of nitrogens with one attached hydrogen (secondary N) is 1. The molecule has 1 aromatic heterocycles. The summed E-state index contributed by atoms with van der Waals surface area (Å²) in [7, 11) is 0. The van der Waals surface area contributed by atoms with Gasteiger partial charge in [-0.2, -0.15) is 16.9 Å². The lowest BCUT2D eigenvalue weighted by Gasteiger charge is -2.18. The van der Waals surface area contributed by atoms with Gasteiger partial charge in [0.1, 0.15) is 0 Å². The van der Waals surface area contributed by atoms with Crippen LogP contribution in [0.3, 0.4) is 0 Å². The van der Waals surface area contributed by atoms with Crippen molar-refractivity contribution in [2.75, 3.05) is 5.75 Å². The van der Waals surface area contributed by atoms with Crippen LogP contribution >= 0.6 is 11.8 Å². The van der Waals surface area contributed by atoms with Gasteiger partial charge in [0.15, 0.2) is 0 Å². The van der Waals surface area contributed by atoms with Crippen molar-refractivity contribution in [1.82, 2.24) is 10.2 Å². The lowest BCUT2D eigenvalue weighted by Crippen LogP contribution is -2.02. The zero-order valence-electron chi connectivity index (χ0n) is 7.62. The molecule has 1 aromatic rings. The summed E-state index contributed by atoms with van der Waals surface area (Å²) in [6.07, 6.45) is 3.96. The molecular weight excluding hydrogens is 182 g/mol. The molecule has 2 heterocycles. The van der Waals surface area contributed by atoms with E-state index in [0.29, 0.717) is 11.8 Å². The van der Waals surface area contributed by atoms with Crippen LogP contribution in [0.25, 0.3) is 0 Å². The van der Waals surface area contributed by atoms with Crippen LogP contribution in [0.5, 0.6) is 0 Å². The van der Waals surface area contributed by atoms with Crippen LogP contribution in [0.1, 0.15) is 35.9 Å². The predicted octanol–water partition coefficient (Wildman–Crippen LogP) is 1.83. The van der Waals surface area contributed by atoms with E-state index in [0.717, 1.165) is 5.69 Å². The number of aromatic amines is 1. The molecule has 72 valence electrons. The molecule has 0 saturated carbocycles. The predicted molar refractivity (Wildman–Crippen MR) is 55.5 cm³/mol. The van der Waals surface area contributed by atoms with E-state index in [1.165, 1.54) is 30.7 Å². The summed E-state index contributed by atoms with van der Waals surface area (Å²) < 4.78 is 0. The minimum absolute atomic E-state index is 0.560. The van der Waals surface area contributed by atoms with Crippen molar-refractivity contribution in [3.8, 4) is 0 Å². The summed E-state index contributed by atoms with van der Waals surface area (Å²) >= 11 is 2.02. The first-order valence-corrected chi connectivity index (χ1v) is 5.81. The topological polar surface area (TPSA) is 54.7 Å². The van der Waals surface area contributed by atoms with Crippen LogP contribution in [0.15, 0.2) is 6.07 Å². The highest BCUT2D eigenvalue weighted by molar-refractivity contribution is 7.99. The quantitative estimate of drug-likeness (QED) is 0.760. The van der Waals surface area contributed by atoms with Crippen molar-refractivity contribution in [2.24, 2.45) is 5.73 Å². The zero-order valence-corrected chi connectivity index (χ0v) is 8.44. The fraction of sp³-hybridized carbons (Fsp3) is 0.667. The SMILES string of the molecule is NCc1cc(C2CCCCS2)n[nH]1. The molecule has 0 spiro atoms. The monoisotopic (exact) mass is 197 g/mol. The molecule has 13 heavy (non-hydrogen) atoms. The van der Waals surface area contributed by atoms with E-state index in [1.54, 1.807) is 0 Å². The van der Waals surface area contributed by atoms with Crippen molar-refractivity contribution in [1.29, 1.82) is 0 Å². The molecule has 0 amide bonds. The van der Waals surface area contributed by atoms with Gasteiger partial charge in [-0.25, -0.2) is 0 Å². The second-order valence-corrected chi connectivity index (χ2v) is 4.69. The molecule has 3 N–H and O–H groups in total. The largest absolute Gasteiger partial charge is 0.325 e. The van der Waals surface area contributed by atoms with Gasteiger partial charge in [-0.05, 0) is 24.7 Å². The van der Waals surface area contributed by atoms with Gasteiger partial charge in [0.2, 0.25) is 0 Å². The molecule has 1 atom stereocenters. The summed E-state index contributed by atoms with van der Waals surface area (Å²) in [6, 6.07) is 2.10. The molecule has 1 aliphatic rings. The molecule has 4 heteroatoms. The van der Waals surface area contributed by atoms with Gasteiger partial charge in [-0.15, -0.1) is 0 Å². The third-order valence-electron chi connectivity index (χ3n) is 2.38. The van der Waals surface area contributed by atoms with E-state index in [9.17, 15) is 0 Å². The lowest BCUT2D eigenvalue weighted by molar-refractivity contribution is 0.674. The Morgan fingerprint density at radius 2 is 2.54 bits per heavy atom. The maximum Gasteiger partial charge on any atom is 0.0755 e. The highest BCUT2D eigenvalue weighted by Gasteiger charge is 2.18. The van der Waals surface area contributed by atoms with Crippen molar-refractivity contribution < 1.29 is 0 Å². The second kappa shape index (κ2) is 4.15. The van der Waals surface area contributed by atoms with Gasteiger partial charge in [0.25, 0.3) is 0 Å². The molecule has 0 bridgehead atoms. The number of hydrogen-bond donors (Lipinski definition) is 2. The Hall–Kier alpha value is -0.480. The number of nitrogens with zero attached hydrogens (tertiary/aromatic N) is 1. The number of rotatable bonds is 2. The van der Waals surface area contributed by atoms with Gasteiger partial charge < -0.3 is 5.73 Å². The average molecular weight is 197 g/mol. The van der Waals surface area contributed by atoms with E-state index >= 15 is 0 Å². The van der Waals surface area contributed by atoms with Crippen molar-refractivity contribution in [2.45, 2.75) is 31.1 Å².